The van der Waals surface area contributed by atoms with Gasteiger partial charge >= 0.3 is 0 Å². The van der Waals surface area contributed by atoms with Gasteiger partial charge in [0.2, 0.25) is 5.91 Å². The van der Waals surface area contributed by atoms with E-state index in [1.54, 1.807) is 35.9 Å². The van der Waals surface area contributed by atoms with Crippen LogP contribution in [0.2, 0.25) is 0 Å². The largest absolute Gasteiger partial charge is 0.349 e. The summed E-state index contributed by atoms with van der Waals surface area (Å²) in [5.74, 6) is 1.36. The van der Waals surface area contributed by atoms with Gasteiger partial charge in [-0.3, -0.25) is 9.78 Å². The van der Waals surface area contributed by atoms with Gasteiger partial charge in [-0.2, -0.15) is 0 Å². The molecule has 0 aliphatic carbocycles. The van der Waals surface area contributed by atoms with E-state index in [1.807, 2.05) is 19.1 Å². The molecule has 1 heterocycles. The van der Waals surface area contributed by atoms with E-state index in [1.165, 1.54) is 10.5 Å². The van der Waals surface area contributed by atoms with Gasteiger partial charge < -0.3 is 5.32 Å². The van der Waals surface area contributed by atoms with Crippen LogP contribution >= 0.6 is 23.5 Å². The third kappa shape index (κ3) is 5.39. The Bertz CT molecular complexity index is 587. The lowest BCUT2D eigenvalue weighted by molar-refractivity contribution is -0.119. The third-order valence-corrected chi connectivity index (χ3v) is 4.99. The highest BCUT2D eigenvalue weighted by Crippen LogP contribution is 2.19. The second kappa shape index (κ2) is 8.86. The highest BCUT2D eigenvalue weighted by molar-refractivity contribution is 7.99. The number of hydrogen-bond acceptors (Lipinski definition) is 4. The Morgan fingerprint density at radius 1 is 1.18 bits per heavy atom. The van der Waals surface area contributed by atoms with Crippen molar-refractivity contribution in [2.24, 2.45) is 0 Å². The summed E-state index contributed by atoms with van der Waals surface area (Å²) >= 11 is 3.33. The lowest BCUT2D eigenvalue weighted by atomic mass is 10.1. The summed E-state index contributed by atoms with van der Waals surface area (Å²) in [6, 6.07) is 12.3. The molecule has 0 aliphatic heterocycles. The number of rotatable bonds is 7. The summed E-state index contributed by atoms with van der Waals surface area (Å²) in [5.41, 5.74) is 2.32. The van der Waals surface area contributed by atoms with Crippen LogP contribution in [-0.4, -0.2) is 22.9 Å². The standard InChI is InChI=1S/C17H20N2OS2/c1-13(15-3-5-16(21-2)6-4-15)19-17(20)12-22-11-14-7-9-18-10-8-14/h3-10,13H,11-12H2,1-2H3,(H,19,20)/t13-/m0/s1. The van der Waals surface area contributed by atoms with E-state index in [2.05, 4.69) is 40.8 Å². The minimum atomic E-state index is 0.0323. The number of pyridine rings is 1. The van der Waals surface area contributed by atoms with E-state index in [0.717, 1.165) is 11.3 Å². The number of aromatic nitrogens is 1. The average Bonchev–Trinajstić information content (AvgIpc) is 2.56. The van der Waals surface area contributed by atoms with Crippen molar-refractivity contribution in [2.75, 3.05) is 12.0 Å². The summed E-state index contributed by atoms with van der Waals surface area (Å²) in [4.78, 5) is 17.2. The maximum Gasteiger partial charge on any atom is 0.230 e. The number of nitrogens with zero attached hydrogens (tertiary/aromatic N) is 1. The first-order valence-corrected chi connectivity index (χ1v) is 9.47. The van der Waals surface area contributed by atoms with Gasteiger partial charge in [-0.15, -0.1) is 23.5 Å². The van der Waals surface area contributed by atoms with Crippen LogP contribution in [0.5, 0.6) is 0 Å². The molecule has 2 aromatic rings. The Kier molecular flexibility index (Phi) is 6.80. The third-order valence-electron chi connectivity index (χ3n) is 3.24. The molecule has 0 radical (unpaired) electrons. The van der Waals surface area contributed by atoms with E-state index < -0.39 is 0 Å². The molecule has 1 aromatic heterocycles. The molecule has 0 saturated heterocycles. The molecule has 1 aromatic carbocycles. The minimum Gasteiger partial charge on any atom is -0.349 e. The molecule has 22 heavy (non-hydrogen) atoms. The quantitative estimate of drug-likeness (QED) is 0.781. The number of amides is 1. The number of thioether (sulfide) groups is 2. The van der Waals surface area contributed by atoms with Gasteiger partial charge in [0.25, 0.3) is 0 Å². The highest BCUT2D eigenvalue weighted by Gasteiger charge is 2.09. The van der Waals surface area contributed by atoms with E-state index in [4.69, 9.17) is 0 Å². The Hall–Kier alpha value is -1.46. The summed E-state index contributed by atoms with van der Waals surface area (Å²) in [5, 5.41) is 3.04. The molecule has 0 fully saturated rings. The van der Waals surface area contributed by atoms with Crippen LogP contribution in [0.1, 0.15) is 24.1 Å². The van der Waals surface area contributed by atoms with Crippen LogP contribution in [0.4, 0.5) is 0 Å². The number of carbonyl (C=O) groups excluding carboxylic acids is 1. The van der Waals surface area contributed by atoms with E-state index in [9.17, 15) is 4.79 Å². The molecule has 1 amide bonds. The highest BCUT2D eigenvalue weighted by atomic mass is 32.2. The van der Waals surface area contributed by atoms with Crippen LogP contribution < -0.4 is 5.32 Å². The Labute approximate surface area is 140 Å². The summed E-state index contributed by atoms with van der Waals surface area (Å²) < 4.78 is 0. The molecule has 1 N–H and O–H groups in total. The van der Waals surface area contributed by atoms with E-state index in [0.29, 0.717) is 5.75 Å². The van der Waals surface area contributed by atoms with Crippen molar-refractivity contribution in [1.82, 2.24) is 10.3 Å². The molecular weight excluding hydrogens is 312 g/mol. The Morgan fingerprint density at radius 2 is 1.86 bits per heavy atom. The van der Waals surface area contributed by atoms with Crippen molar-refractivity contribution in [3.05, 3.63) is 59.9 Å². The normalized spacial score (nSPS) is 11.9. The predicted molar refractivity (Wildman–Crippen MR) is 95.2 cm³/mol. The lowest BCUT2D eigenvalue weighted by Crippen LogP contribution is -2.28. The molecule has 0 bridgehead atoms. The number of benzene rings is 1. The SMILES string of the molecule is CSc1ccc([C@H](C)NC(=O)CSCc2ccncc2)cc1. The van der Waals surface area contributed by atoms with Gasteiger partial charge in [-0.05, 0) is 48.6 Å². The summed E-state index contributed by atoms with van der Waals surface area (Å²) in [6.07, 6.45) is 5.60. The molecule has 3 nitrogen and oxygen atoms in total. The predicted octanol–water partition coefficient (Wildman–Crippen LogP) is 3.91. The fourth-order valence-electron chi connectivity index (χ4n) is 2.00. The molecule has 1 atom stereocenters. The van der Waals surface area contributed by atoms with Gasteiger partial charge in [0.05, 0.1) is 11.8 Å². The van der Waals surface area contributed by atoms with Crippen LogP contribution in [0.15, 0.2) is 53.7 Å². The zero-order valence-corrected chi connectivity index (χ0v) is 14.4. The van der Waals surface area contributed by atoms with Crippen molar-refractivity contribution in [3.8, 4) is 0 Å². The fourth-order valence-corrected chi connectivity index (χ4v) is 3.21. The monoisotopic (exact) mass is 332 g/mol. The average molecular weight is 332 g/mol. The van der Waals surface area contributed by atoms with Gasteiger partial charge in [0.1, 0.15) is 0 Å². The Balaban J connectivity index is 1.76. The second-order valence-corrected chi connectivity index (χ2v) is 6.78. The number of carbonyl (C=O) groups is 1. The molecule has 0 aliphatic rings. The van der Waals surface area contributed by atoms with Crippen LogP contribution in [0, 0.1) is 0 Å². The van der Waals surface area contributed by atoms with Crippen LogP contribution in [-0.2, 0) is 10.5 Å². The van der Waals surface area contributed by atoms with Crippen molar-refractivity contribution in [1.29, 1.82) is 0 Å². The van der Waals surface area contributed by atoms with Crippen LogP contribution in [0.25, 0.3) is 0 Å². The molecule has 0 unspecified atom stereocenters. The van der Waals surface area contributed by atoms with Crippen molar-refractivity contribution < 1.29 is 4.79 Å². The Morgan fingerprint density at radius 3 is 2.50 bits per heavy atom. The maximum atomic E-state index is 12.0. The summed E-state index contributed by atoms with van der Waals surface area (Å²) in [7, 11) is 0. The molecule has 0 spiro atoms. The molecule has 116 valence electrons. The van der Waals surface area contributed by atoms with Crippen molar-refractivity contribution >= 4 is 29.4 Å². The van der Waals surface area contributed by atoms with Crippen molar-refractivity contribution in [2.45, 2.75) is 23.6 Å². The van der Waals surface area contributed by atoms with Gasteiger partial charge in [-0.25, -0.2) is 0 Å². The minimum absolute atomic E-state index is 0.0323. The lowest BCUT2D eigenvalue weighted by Gasteiger charge is -2.14. The topological polar surface area (TPSA) is 42.0 Å². The summed E-state index contributed by atoms with van der Waals surface area (Å²) in [6.45, 7) is 2.01. The molecule has 2 rings (SSSR count). The number of hydrogen-bond donors (Lipinski definition) is 1. The first-order chi connectivity index (χ1) is 10.7. The van der Waals surface area contributed by atoms with Gasteiger partial charge in [0, 0.05) is 23.0 Å². The first kappa shape index (κ1) is 16.9. The number of nitrogens with one attached hydrogen (secondary N) is 1. The van der Waals surface area contributed by atoms with E-state index >= 15 is 0 Å². The van der Waals surface area contributed by atoms with E-state index in [-0.39, 0.29) is 11.9 Å². The zero-order valence-electron chi connectivity index (χ0n) is 12.8. The molecular formula is C17H20N2OS2. The molecule has 5 heteroatoms. The zero-order chi connectivity index (χ0) is 15.8. The smallest absolute Gasteiger partial charge is 0.230 e. The van der Waals surface area contributed by atoms with Gasteiger partial charge in [0.15, 0.2) is 0 Å². The van der Waals surface area contributed by atoms with Crippen LogP contribution in [0.3, 0.4) is 0 Å². The molecule has 0 saturated carbocycles. The van der Waals surface area contributed by atoms with Gasteiger partial charge in [-0.1, -0.05) is 12.1 Å². The van der Waals surface area contributed by atoms with Crippen molar-refractivity contribution in [3.63, 3.8) is 0 Å². The second-order valence-electron chi connectivity index (χ2n) is 4.91. The maximum absolute atomic E-state index is 12.0. The fraction of sp³-hybridized carbons (Fsp3) is 0.294. The first-order valence-electron chi connectivity index (χ1n) is 7.09.